The minimum Gasteiger partial charge on any atom is -0.457 e. The second-order valence-corrected chi connectivity index (χ2v) is 2.87. The molecule has 0 spiro atoms. The number of ether oxygens (including phenoxy) is 3. The second kappa shape index (κ2) is 3.57. The predicted molar refractivity (Wildman–Crippen MR) is 48.5 cm³/mol. The maximum Gasteiger partial charge on any atom is 0.310 e. The van der Waals surface area contributed by atoms with Gasteiger partial charge in [-0.3, -0.25) is 4.79 Å². The molecule has 14 heavy (non-hydrogen) atoms. The number of fused-ring (bicyclic) bond motifs is 2. The molecule has 0 atom stereocenters. The Hall–Kier alpha value is -1.71. The molecule has 0 unspecified atom stereocenters. The van der Waals surface area contributed by atoms with Gasteiger partial charge in [0.05, 0.1) is 0 Å². The van der Waals surface area contributed by atoms with Crippen LogP contribution in [0, 0.1) is 0 Å². The number of rotatable bonds is 2. The summed E-state index contributed by atoms with van der Waals surface area (Å²) >= 11 is 0. The van der Waals surface area contributed by atoms with E-state index < -0.39 is 0 Å². The van der Waals surface area contributed by atoms with Crippen LogP contribution >= 0.6 is 0 Å². The van der Waals surface area contributed by atoms with Crippen LogP contribution in [-0.2, 0) is 4.79 Å². The Labute approximate surface area is 81.4 Å². The molecule has 0 aromatic heterocycles. The lowest BCUT2D eigenvalue weighted by Crippen LogP contribution is -2.11. The SMILES string of the molecule is CCC(=O)Oc1cc2cc(c1)OCO2. The zero-order valence-corrected chi connectivity index (χ0v) is 7.78. The first-order chi connectivity index (χ1) is 6.78. The van der Waals surface area contributed by atoms with Crippen molar-refractivity contribution in [2.24, 2.45) is 0 Å². The van der Waals surface area contributed by atoms with Gasteiger partial charge in [0.2, 0.25) is 6.79 Å². The third-order valence-corrected chi connectivity index (χ3v) is 1.83. The Balaban J connectivity index is 2.20. The van der Waals surface area contributed by atoms with Crippen molar-refractivity contribution >= 4 is 5.97 Å². The standard InChI is InChI=1S/C10H10O4/c1-2-10(11)14-9-4-7-3-8(5-9)13-6-12-7/h3-5H,2,6H2,1H3. The Morgan fingerprint density at radius 1 is 1.36 bits per heavy atom. The lowest BCUT2D eigenvalue weighted by Gasteiger charge is -2.16. The third kappa shape index (κ3) is 1.79. The van der Waals surface area contributed by atoms with Crippen LogP contribution in [0.15, 0.2) is 18.2 Å². The van der Waals surface area contributed by atoms with Gasteiger partial charge in [0.25, 0.3) is 0 Å². The number of esters is 1. The Morgan fingerprint density at radius 3 is 2.57 bits per heavy atom. The maximum atomic E-state index is 11.0. The van der Waals surface area contributed by atoms with E-state index in [4.69, 9.17) is 14.2 Å². The Bertz CT molecular complexity index is 337. The van der Waals surface area contributed by atoms with Crippen molar-refractivity contribution in [2.45, 2.75) is 13.3 Å². The van der Waals surface area contributed by atoms with Crippen molar-refractivity contribution in [3.8, 4) is 17.2 Å². The van der Waals surface area contributed by atoms with Gasteiger partial charge in [0, 0.05) is 24.6 Å². The van der Waals surface area contributed by atoms with Gasteiger partial charge in [-0.2, -0.15) is 0 Å². The largest absolute Gasteiger partial charge is 0.457 e. The van der Waals surface area contributed by atoms with Crippen LogP contribution in [0.3, 0.4) is 0 Å². The molecule has 0 N–H and O–H groups in total. The highest BCUT2D eigenvalue weighted by Gasteiger charge is 2.11. The van der Waals surface area contributed by atoms with Gasteiger partial charge in [-0.1, -0.05) is 6.92 Å². The quantitative estimate of drug-likeness (QED) is 0.531. The summed E-state index contributed by atoms with van der Waals surface area (Å²) in [6.45, 7) is 1.95. The van der Waals surface area contributed by atoms with Gasteiger partial charge in [0.15, 0.2) is 0 Å². The molecule has 2 rings (SSSR count). The summed E-state index contributed by atoms with van der Waals surface area (Å²) in [7, 11) is 0. The molecule has 4 heteroatoms. The van der Waals surface area contributed by atoms with Crippen LogP contribution in [0.4, 0.5) is 0 Å². The summed E-state index contributed by atoms with van der Waals surface area (Å²) in [4.78, 5) is 11.0. The molecule has 1 aliphatic rings. The van der Waals surface area contributed by atoms with E-state index in [0.29, 0.717) is 23.7 Å². The fourth-order valence-electron chi connectivity index (χ4n) is 1.14. The molecular formula is C10H10O4. The van der Waals surface area contributed by atoms with E-state index in [1.807, 2.05) is 0 Å². The minimum absolute atomic E-state index is 0.211. The average Bonchev–Trinajstić information content (AvgIpc) is 2.17. The molecule has 0 aliphatic carbocycles. The molecule has 0 fully saturated rings. The highest BCUT2D eigenvalue weighted by Crippen LogP contribution is 2.30. The van der Waals surface area contributed by atoms with Gasteiger partial charge in [-0.15, -0.1) is 0 Å². The first kappa shape index (κ1) is 8.87. The lowest BCUT2D eigenvalue weighted by molar-refractivity contribution is -0.134. The number of carbonyl (C=O) groups excluding carboxylic acids is 1. The summed E-state index contributed by atoms with van der Waals surface area (Å²) in [6.07, 6.45) is 0.348. The van der Waals surface area contributed by atoms with Crippen LogP contribution in [0.2, 0.25) is 0 Å². The van der Waals surface area contributed by atoms with Gasteiger partial charge in [-0.05, 0) is 0 Å². The summed E-state index contributed by atoms with van der Waals surface area (Å²) in [5, 5.41) is 0. The van der Waals surface area contributed by atoms with Gasteiger partial charge < -0.3 is 14.2 Å². The van der Waals surface area contributed by atoms with Crippen molar-refractivity contribution in [3.05, 3.63) is 18.2 Å². The van der Waals surface area contributed by atoms with E-state index in [9.17, 15) is 4.79 Å². The molecular weight excluding hydrogens is 184 g/mol. The number of hydrogen-bond donors (Lipinski definition) is 0. The van der Waals surface area contributed by atoms with E-state index in [0.717, 1.165) is 0 Å². The monoisotopic (exact) mass is 194 g/mol. The van der Waals surface area contributed by atoms with Gasteiger partial charge in [0.1, 0.15) is 17.2 Å². The highest BCUT2D eigenvalue weighted by molar-refractivity contribution is 5.72. The van der Waals surface area contributed by atoms with E-state index in [-0.39, 0.29) is 12.8 Å². The minimum atomic E-state index is -0.270. The fourth-order valence-corrected chi connectivity index (χ4v) is 1.14. The van der Waals surface area contributed by atoms with Crippen LogP contribution in [-0.4, -0.2) is 12.8 Å². The van der Waals surface area contributed by atoms with Crippen molar-refractivity contribution in [3.63, 3.8) is 0 Å². The average molecular weight is 194 g/mol. The zero-order chi connectivity index (χ0) is 9.97. The molecule has 4 nitrogen and oxygen atoms in total. The molecule has 1 heterocycles. The van der Waals surface area contributed by atoms with E-state index >= 15 is 0 Å². The van der Waals surface area contributed by atoms with Crippen LogP contribution in [0.1, 0.15) is 13.3 Å². The molecule has 1 aliphatic heterocycles. The number of hydrogen-bond acceptors (Lipinski definition) is 4. The summed E-state index contributed by atoms with van der Waals surface area (Å²) in [5.74, 6) is 1.51. The Morgan fingerprint density at radius 2 is 2.00 bits per heavy atom. The summed E-state index contributed by atoms with van der Waals surface area (Å²) in [5.41, 5.74) is 0. The molecule has 0 amide bonds. The van der Waals surface area contributed by atoms with Crippen LogP contribution < -0.4 is 14.2 Å². The van der Waals surface area contributed by atoms with Crippen LogP contribution in [0.25, 0.3) is 0 Å². The molecule has 74 valence electrons. The first-order valence-corrected chi connectivity index (χ1v) is 4.39. The van der Waals surface area contributed by atoms with Gasteiger partial charge >= 0.3 is 5.97 Å². The number of benzene rings is 1. The molecule has 0 saturated heterocycles. The predicted octanol–water partition coefficient (Wildman–Crippen LogP) is 1.73. The summed E-state index contributed by atoms with van der Waals surface area (Å²) < 4.78 is 15.3. The van der Waals surface area contributed by atoms with Crippen molar-refractivity contribution in [2.75, 3.05) is 6.79 Å². The Kier molecular flexibility index (Phi) is 2.26. The molecule has 0 radical (unpaired) electrons. The van der Waals surface area contributed by atoms with Crippen molar-refractivity contribution < 1.29 is 19.0 Å². The fraction of sp³-hybridized carbons (Fsp3) is 0.300. The van der Waals surface area contributed by atoms with Crippen molar-refractivity contribution in [1.29, 1.82) is 0 Å². The highest BCUT2D eigenvalue weighted by atomic mass is 16.7. The summed E-state index contributed by atoms with van der Waals surface area (Å²) in [6, 6.07) is 5.08. The lowest BCUT2D eigenvalue weighted by atomic mass is 10.3. The molecule has 1 aromatic carbocycles. The normalized spacial score (nSPS) is 12.6. The molecule has 0 saturated carbocycles. The van der Waals surface area contributed by atoms with Gasteiger partial charge in [-0.25, -0.2) is 0 Å². The van der Waals surface area contributed by atoms with E-state index in [1.54, 1.807) is 25.1 Å². The smallest absolute Gasteiger partial charge is 0.310 e. The third-order valence-electron chi connectivity index (χ3n) is 1.83. The molecule has 1 aromatic rings. The zero-order valence-electron chi connectivity index (χ0n) is 7.78. The van der Waals surface area contributed by atoms with Crippen LogP contribution in [0.5, 0.6) is 17.2 Å². The second-order valence-electron chi connectivity index (χ2n) is 2.87. The van der Waals surface area contributed by atoms with Crippen molar-refractivity contribution in [1.82, 2.24) is 0 Å². The number of carbonyl (C=O) groups is 1. The first-order valence-electron chi connectivity index (χ1n) is 4.39. The topological polar surface area (TPSA) is 44.8 Å². The van der Waals surface area contributed by atoms with E-state index in [1.165, 1.54) is 0 Å². The molecule has 2 bridgehead atoms. The maximum absolute atomic E-state index is 11.0. The van der Waals surface area contributed by atoms with E-state index in [2.05, 4.69) is 0 Å².